The molecule has 2 N–H and O–H groups in total. The molecule has 5 nitrogen and oxygen atoms in total. The lowest BCUT2D eigenvalue weighted by atomic mass is 9.78. The summed E-state index contributed by atoms with van der Waals surface area (Å²) in [7, 11) is 1.59. The third-order valence-corrected chi connectivity index (χ3v) is 5.13. The second kappa shape index (κ2) is 8.95. The van der Waals surface area contributed by atoms with Crippen LogP contribution in [0.4, 0.5) is 0 Å². The van der Waals surface area contributed by atoms with Crippen LogP contribution in [0.3, 0.4) is 0 Å². The van der Waals surface area contributed by atoms with E-state index in [2.05, 4.69) is 0 Å². The molecule has 0 amide bonds. The van der Waals surface area contributed by atoms with E-state index in [9.17, 15) is 10.2 Å². The topological polar surface area (TPSA) is 68.2 Å². The highest BCUT2D eigenvalue weighted by molar-refractivity contribution is 5.15. The number of rotatable bonds is 7. The number of hydrogen-bond acceptors (Lipinski definition) is 5. The lowest BCUT2D eigenvalue weighted by molar-refractivity contribution is -0.247. The lowest BCUT2D eigenvalue weighted by Crippen LogP contribution is -2.63. The molecule has 3 rings (SSSR count). The monoisotopic (exact) mass is 372 g/mol. The maximum absolute atomic E-state index is 10.7. The van der Waals surface area contributed by atoms with Gasteiger partial charge in [-0.3, -0.25) is 0 Å². The molecule has 27 heavy (non-hydrogen) atoms. The average Bonchev–Trinajstić information content (AvgIpc) is 2.69. The zero-order valence-electron chi connectivity index (χ0n) is 15.8. The van der Waals surface area contributed by atoms with E-state index in [1.54, 1.807) is 14.0 Å². The summed E-state index contributed by atoms with van der Waals surface area (Å²) in [5.74, 6) is 0. The van der Waals surface area contributed by atoms with E-state index >= 15 is 0 Å². The Bertz CT molecular complexity index is 688. The van der Waals surface area contributed by atoms with Gasteiger partial charge in [-0.1, -0.05) is 60.7 Å². The van der Waals surface area contributed by atoms with Crippen LogP contribution in [0.15, 0.2) is 60.7 Å². The second-order valence-corrected chi connectivity index (χ2v) is 7.30. The van der Waals surface area contributed by atoms with E-state index in [0.29, 0.717) is 13.2 Å². The van der Waals surface area contributed by atoms with Gasteiger partial charge in [0, 0.05) is 13.5 Å². The summed E-state index contributed by atoms with van der Waals surface area (Å²) >= 11 is 0. The Morgan fingerprint density at radius 2 is 1.37 bits per heavy atom. The van der Waals surface area contributed by atoms with Crippen LogP contribution in [0, 0.1) is 0 Å². The van der Waals surface area contributed by atoms with Crippen molar-refractivity contribution in [2.24, 2.45) is 0 Å². The maximum atomic E-state index is 10.7. The van der Waals surface area contributed by atoms with Crippen molar-refractivity contribution in [1.29, 1.82) is 0 Å². The van der Waals surface area contributed by atoms with Gasteiger partial charge < -0.3 is 24.4 Å². The van der Waals surface area contributed by atoms with Crippen molar-refractivity contribution in [3.8, 4) is 0 Å². The summed E-state index contributed by atoms with van der Waals surface area (Å²) in [6, 6.07) is 19.6. The van der Waals surface area contributed by atoms with E-state index in [-0.39, 0.29) is 12.5 Å². The fraction of sp³-hybridized carbons (Fsp3) is 0.455. The molecular formula is C22H28O5. The highest BCUT2D eigenvalue weighted by atomic mass is 16.6. The lowest BCUT2D eigenvalue weighted by Gasteiger charge is -2.47. The van der Waals surface area contributed by atoms with Crippen LogP contribution in [0.25, 0.3) is 0 Å². The van der Waals surface area contributed by atoms with Gasteiger partial charge in [0.25, 0.3) is 0 Å². The molecule has 146 valence electrons. The summed E-state index contributed by atoms with van der Waals surface area (Å²) < 4.78 is 17.7. The smallest absolute Gasteiger partial charge is 0.115 e. The largest absolute Gasteiger partial charge is 0.387 e. The fourth-order valence-corrected chi connectivity index (χ4v) is 3.53. The molecule has 2 aromatic rings. The first kappa shape index (κ1) is 20.0. The van der Waals surface area contributed by atoms with Crippen LogP contribution in [-0.2, 0) is 27.4 Å². The molecule has 0 aliphatic heterocycles. The minimum absolute atomic E-state index is 0.273. The summed E-state index contributed by atoms with van der Waals surface area (Å²) in [6.07, 6.45) is -2.38. The van der Waals surface area contributed by atoms with Crippen molar-refractivity contribution in [2.45, 2.75) is 56.6 Å². The molecule has 0 radical (unpaired) electrons. The van der Waals surface area contributed by atoms with Crippen molar-refractivity contribution in [3.63, 3.8) is 0 Å². The van der Waals surface area contributed by atoms with Crippen LogP contribution in [0.1, 0.15) is 24.5 Å². The number of ether oxygens (including phenoxy) is 3. The second-order valence-electron chi connectivity index (χ2n) is 7.30. The minimum atomic E-state index is -1.31. The van der Waals surface area contributed by atoms with Crippen molar-refractivity contribution in [2.75, 3.05) is 7.11 Å². The normalized spacial score (nSPS) is 31.0. The highest BCUT2D eigenvalue weighted by Gasteiger charge is 2.51. The number of hydrogen-bond donors (Lipinski definition) is 2. The van der Waals surface area contributed by atoms with Crippen molar-refractivity contribution in [1.82, 2.24) is 0 Å². The molecule has 0 bridgehead atoms. The van der Waals surface area contributed by atoms with E-state index in [1.807, 2.05) is 60.7 Å². The standard InChI is InChI=1S/C22H28O5/c1-22(24)13-18(25-2)19(26-14-16-9-5-3-6-10-16)20(21(22)23)27-15-17-11-7-4-8-12-17/h3-12,18-21,23-24H,13-15H2,1-2H3/t18-,19-,20+,21-,22+/m0/s1. The summed E-state index contributed by atoms with van der Waals surface area (Å²) in [4.78, 5) is 0. The van der Waals surface area contributed by atoms with Gasteiger partial charge in [-0.25, -0.2) is 0 Å². The Hall–Kier alpha value is -1.76. The predicted molar refractivity (Wildman–Crippen MR) is 102 cm³/mol. The Balaban J connectivity index is 1.76. The van der Waals surface area contributed by atoms with E-state index in [0.717, 1.165) is 11.1 Å². The quantitative estimate of drug-likeness (QED) is 0.782. The van der Waals surface area contributed by atoms with Crippen LogP contribution in [0.2, 0.25) is 0 Å². The SMILES string of the molecule is CO[C@H]1C[C@@](C)(O)[C@@H](O)[C@H](OCc2ccccc2)[C@H]1OCc1ccccc1. The fourth-order valence-electron chi connectivity index (χ4n) is 3.53. The first-order chi connectivity index (χ1) is 13.0. The molecule has 0 heterocycles. The number of aliphatic hydroxyl groups is 2. The first-order valence-electron chi connectivity index (χ1n) is 9.25. The summed E-state index contributed by atoms with van der Waals surface area (Å²) in [5.41, 5.74) is 0.709. The molecule has 1 saturated carbocycles. The zero-order chi connectivity index (χ0) is 19.3. The van der Waals surface area contributed by atoms with Gasteiger partial charge in [-0.15, -0.1) is 0 Å². The Kier molecular flexibility index (Phi) is 6.63. The number of benzene rings is 2. The van der Waals surface area contributed by atoms with E-state index in [4.69, 9.17) is 14.2 Å². The molecule has 0 saturated heterocycles. The van der Waals surface area contributed by atoms with Gasteiger partial charge >= 0.3 is 0 Å². The van der Waals surface area contributed by atoms with Gasteiger partial charge in [0.15, 0.2) is 0 Å². The van der Waals surface area contributed by atoms with Crippen LogP contribution < -0.4 is 0 Å². The van der Waals surface area contributed by atoms with Crippen molar-refractivity contribution < 1.29 is 24.4 Å². The van der Waals surface area contributed by atoms with Gasteiger partial charge in [-0.05, 0) is 18.1 Å². The Morgan fingerprint density at radius 1 is 0.889 bits per heavy atom. The van der Waals surface area contributed by atoms with E-state index < -0.39 is 23.9 Å². The molecule has 2 aromatic carbocycles. The predicted octanol–water partition coefficient (Wildman–Crippen LogP) is 2.69. The van der Waals surface area contributed by atoms with Crippen LogP contribution in [-0.4, -0.2) is 47.3 Å². The molecule has 1 aliphatic carbocycles. The van der Waals surface area contributed by atoms with Crippen molar-refractivity contribution in [3.05, 3.63) is 71.8 Å². The van der Waals surface area contributed by atoms with Gasteiger partial charge in [0.05, 0.1) is 24.9 Å². The number of aliphatic hydroxyl groups excluding tert-OH is 1. The average molecular weight is 372 g/mol. The summed E-state index contributed by atoms with van der Waals surface area (Å²) in [6.45, 7) is 2.31. The van der Waals surface area contributed by atoms with Gasteiger partial charge in [0.1, 0.15) is 18.3 Å². The number of methoxy groups -OCH3 is 1. The first-order valence-corrected chi connectivity index (χ1v) is 9.25. The van der Waals surface area contributed by atoms with Crippen molar-refractivity contribution >= 4 is 0 Å². The summed E-state index contributed by atoms with van der Waals surface area (Å²) in [5, 5.41) is 21.4. The van der Waals surface area contributed by atoms with Gasteiger partial charge in [-0.2, -0.15) is 0 Å². The Labute approximate surface area is 160 Å². The third-order valence-electron chi connectivity index (χ3n) is 5.13. The molecule has 0 unspecified atom stereocenters. The molecule has 1 aliphatic rings. The minimum Gasteiger partial charge on any atom is -0.387 e. The third kappa shape index (κ3) is 4.94. The zero-order valence-corrected chi connectivity index (χ0v) is 15.8. The highest BCUT2D eigenvalue weighted by Crippen LogP contribution is 2.34. The molecule has 0 spiro atoms. The van der Waals surface area contributed by atoms with Crippen LogP contribution in [0.5, 0.6) is 0 Å². The maximum Gasteiger partial charge on any atom is 0.115 e. The molecular weight excluding hydrogens is 344 g/mol. The molecule has 5 heteroatoms. The Morgan fingerprint density at radius 3 is 1.85 bits per heavy atom. The molecule has 5 atom stereocenters. The molecule has 1 fully saturated rings. The van der Waals surface area contributed by atoms with Crippen LogP contribution >= 0.6 is 0 Å². The molecule has 0 aromatic heterocycles. The van der Waals surface area contributed by atoms with Gasteiger partial charge in [0.2, 0.25) is 0 Å². The van der Waals surface area contributed by atoms with E-state index in [1.165, 1.54) is 0 Å².